The molecular formula is C23H30O5. The Balaban J connectivity index is 2.28. The quantitative estimate of drug-likeness (QED) is 0.411. The lowest BCUT2D eigenvalue weighted by molar-refractivity contribution is 0.229. The maximum atomic E-state index is 12.3. The molecule has 152 valence electrons. The number of benzene rings is 1. The van der Waals surface area contributed by atoms with Crippen molar-refractivity contribution in [2.45, 2.75) is 53.6 Å². The van der Waals surface area contributed by atoms with Gasteiger partial charge in [0.25, 0.3) is 0 Å². The maximum absolute atomic E-state index is 12.3. The monoisotopic (exact) mass is 386 g/mol. The molecule has 1 aromatic heterocycles. The third kappa shape index (κ3) is 5.65. The van der Waals surface area contributed by atoms with Gasteiger partial charge in [0.15, 0.2) is 17.1 Å². The van der Waals surface area contributed by atoms with Gasteiger partial charge in [-0.3, -0.25) is 0 Å². The van der Waals surface area contributed by atoms with Crippen molar-refractivity contribution >= 4 is 11.0 Å². The van der Waals surface area contributed by atoms with Crippen LogP contribution in [0.15, 0.2) is 50.7 Å². The zero-order valence-electron chi connectivity index (χ0n) is 17.6. The fourth-order valence-corrected chi connectivity index (χ4v) is 2.76. The van der Waals surface area contributed by atoms with Gasteiger partial charge in [-0.1, -0.05) is 23.3 Å². The van der Waals surface area contributed by atoms with Crippen LogP contribution in [0.3, 0.4) is 0 Å². The minimum atomic E-state index is -0.588. The molecule has 0 amide bonds. The molecule has 0 bridgehead atoms. The van der Waals surface area contributed by atoms with E-state index in [1.165, 1.54) is 18.3 Å². The molecule has 1 heterocycles. The Labute approximate surface area is 166 Å². The third-order valence-electron chi connectivity index (χ3n) is 4.13. The van der Waals surface area contributed by atoms with Crippen LogP contribution in [-0.2, 0) is 0 Å². The van der Waals surface area contributed by atoms with Crippen LogP contribution in [0.1, 0.15) is 47.5 Å². The molecule has 0 spiro atoms. The largest absolute Gasteiger partial charge is 0.487 e. The van der Waals surface area contributed by atoms with Crippen molar-refractivity contribution in [1.29, 1.82) is 0 Å². The molecule has 0 fully saturated rings. The smallest absolute Gasteiger partial charge is 0.383 e. The number of hydrogen-bond donors (Lipinski definition) is 0. The SMILES string of the molecule is COc1c(OC(C)C)c2cccc(OC/C=C(\C)CCC=C(C)C)c2oc1=O. The van der Waals surface area contributed by atoms with Crippen LogP contribution in [0.2, 0.25) is 0 Å². The van der Waals surface area contributed by atoms with E-state index >= 15 is 0 Å². The molecular weight excluding hydrogens is 356 g/mol. The highest BCUT2D eigenvalue weighted by atomic mass is 16.5. The molecule has 1 aromatic carbocycles. The topological polar surface area (TPSA) is 57.9 Å². The summed E-state index contributed by atoms with van der Waals surface area (Å²) in [7, 11) is 1.43. The van der Waals surface area contributed by atoms with E-state index in [0.29, 0.717) is 29.1 Å². The highest BCUT2D eigenvalue weighted by Crippen LogP contribution is 2.37. The van der Waals surface area contributed by atoms with Crippen LogP contribution >= 0.6 is 0 Å². The lowest BCUT2D eigenvalue weighted by Crippen LogP contribution is -2.12. The zero-order chi connectivity index (χ0) is 20.7. The standard InChI is InChI=1S/C23H30O5/c1-15(2)9-7-10-17(5)13-14-26-19-12-8-11-18-20(19)28-23(24)22(25-6)21(18)27-16(3)4/h8-9,11-13,16H,7,10,14H2,1-6H3/b17-13+. The van der Waals surface area contributed by atoms with E-state index in [2.05, 4.69) is 26.8 Å². The third-order valence-corrected chi connectivity index (χ3v) is 4.13. The molecule has 0 atom stereocenters. The second kappa shape index (κ2) is 10.0. The van der Waals surface area contributed by atoms with Crippen molar-refractivity contribution < 1.29 is 18.6 Å². The summed E-state index contributed by atoms with van der Waals surface area (Å²) in [5.74, 6) is 0.940. The Kier molecular flexibility index (Phi) is 7.73. The van der Waals surface area contributed by atoms with Gasteiger partial charge in [0.1, 0.15) is 6.61 Å². The van der Waals surface area contributed by atoms with Crippen molar-refractivity contribution in [2.75, 3.05) is 13.7 Å². The first-order valence-electron chi connectivity index (χ1n) is 9.55. The van der Waals surface area contributed by atoms with Gasteiger partial charge in [-0.15, -0.1) is 0 Å². The lowest BCUT2D eigenvalue weighted by atomic mass is 10.1. The van der Waals surface area contributed by atoms with Crippen LogP contribution < -0.4 is 19.8 Å². The molecule has 5 heteroatoms. The summed E-state index contributed by atoms with van der Waals surface area (Å²) >= 11 is 0. The summed E-state index contributed by atoms with van der Waals surface area (Å²) in [6.45, 7) is 10.5. The average Bonchev–Trinajstić information content (AvgIpc) is 2.61. The van der Waals surface area contributed by atoms with Crippen LogP contribution in [0.5, 0.6) is 17.2 Å². The van der Waals surface area contributed by atoms with Crippen LogP contribution in [-0.4, -0.2) is 19.8 Å². The molecule has 28 heavy (non-hydrogen) atoms. The minimum absolute atomic E-state index is 0.0633. The molecule has 0 saturated heterocycles. The van der Waals surface area contributed by atoms with Crippen molar-refractivity contribution in [2.24, 2.45) is 0 Å². The number of methoxy groups -OCH3 is 1. The molecule has 5 nitrogen and oxygen atoms in total. The lowest BCUT2D eigenvalue weighted by Gasteiger charge is -2.15. The second-order valence-electron chi connectivity index (χ2n) is 7.23. The first-order valence-corrected chi connectivity index (χ1v) is 9.55. The van der Waals surface area contributed by atoms with Crippen LogP contribution in [0.25, 0.3) is 11.0 Å². The van der Waals surface area contributed by atoms with E-state index in [9.17, 15) is 4.79 Å². The average molecular weight is 386 g/mol. The Morgan fingerprint density at radius 3 is 2.54 bits per heavy atom. The van der Waals surface area contributed by atoms with Gasteiger partial charge in [-0.2, -0.15) is 0 Å². The number of rotatable bonds is 9. The molecule has 0 radical (unpaired) electrons. The number of ether oxygens (including phenoxy) is 3. The van der Waals surface area contributed by atoms with E-state index in [0.717, 1.165) is 12.8 Å². The van der Waals surface area contributed by atoms with Gasteiger partial charge in [0, 0.05) is 0 Å². The predicted octanol–water partition coefficient (Wildman–Crippen LogP) is 5.66. The van der Waals surface area contributed by atoms with Gasteiger partial charge in [0.05, 0.1) is 18.6 Å². The summed E-state index contributed by atoms with van der Waals surface area (Å²) in [6, 6.07) is 5.45. The van der Waals surface area contributed by atoms with Crippen molar-refractivity contribution in [3.63, 3.8) is 0 Å². The van der Waals surface area contributed by atoms with Crippen LogP contribution in [0.4, 0.5) is 0 Å². The first-order chi connectivity index (χ1) is 13.3. The van der Waals surface area contributed by atoms with Gasteiger partial charge in [0.2, 0.25) is 5.75 Å². The van der Waals surface area contributed by atoms with E-state index in [1.54, 1.807) is 6.07 Å². The fourth-order valence-electron chi connectivity index (χ4n) is 2.76. The summed E-state index contributed by atoms with van der Waals surface area (Å²) in [6.07, 6.45) is 6.16. The number of fused-ring (bicyclic) bond motifs is 1. The fraction of sp³-hybridized carbons (Fsp3) is 0.435. The van der Waals surface area contributed by atoms with E-state index in [1.807, 2.05) is 32.1 Å². The summed E-state index contributed by atoms with van der Waals surface area (Å²) in [4.78, 5) is 12.3. The zero-order valence-corrected chi connectivity index (χ0v) is 17.6. The molecule has 0 aliphatic carbocycles. The minimum Gasteiger partial charge on any atom is -0.487 e. The van der Waals surface area contributed by atoms with Gasteiger partial charge in [-0.25, -0.2) is 4.79 Å². The molecule has 0 unspecified atom stereocenters. The summed E-state index contributed by atoms with van der Waals surface area (Å²) < 4.78 is 22.4. The molecule has 0 aliphatic heterocycles. The van der Waals surface area contributed by atoms with Gasteiger partial charge in [-0.05, 0) is 65.7 Å². The molecule has 2 aromatic rings. The van der Waals surface area contributed by atoms with Crippen molar-refractivity contribution in [1.82, 2.24) is 0 Å². The van der Waals surface area contributed by atoms with E-state index in [4.69, 9.17) is 18.6 Å². The number of allylic oxidation sites excluding steroid dienone is 3. The van der Waals surface area contributed by atoms with Crippen molar-refractivity contribution in [3.8, 4) is 17.2 Å². The Hall–Kier alpha value is -2.69. The predicted molar refractivity (Wildman–Crippen MR) is 113 cm³/mol. The van der Waals surface area contributed by atoms with Gasteiger partial charge >= 0.3 is 5.63 Å². The highest BCUT2D eigenvalue weighted by Gasteiger charge is 2.20. The maximum Gasteiger partial charge on any atom is 0.383 e. The van der Waals surface area contributed by atoms with E-state index in [-0.39, 0.29) is 11.9 Å². The molecule has 0 N–H and O–H groups in total. The summed E-state index contributed by atoms with van der Waals surface area (Å²) in [5.41, 5.74) is 2.35. The first kappa shape index (κ1) is 21.6. The molecule has 2 rings (SSSR count). The Bertz CT molecular complexity index is 914. The van der Waals surface area contributed by atoms with Crippen molar-refractivity contribution in [3.05, 3.63) is 51.9 Å². The molecule has 0 saturated carbocycles. The number of para-hydroxylation sites is 1. The van der Waals surface area contributed by atoms with E-state index < -0.39 is 5.63 Å². The highest BCUT2D eigenvalue weighted by molar-refractivity contribution is 5.89. The Morgan fingerprint density at radius 1 is 1.14 bits per heavy atom. The number of hydrogen-bond acceptors (Lipinski definition) is 5. The Morgan fingerprint density at radius 2 is 1.89 bits per heavy atom. The second-order valence-corrected chi connectivity index (χ2v) is 7.23. The molecule has 0 aliphatic rings. The normalized spacial score (nSPS) is 11.6. The summed E-state index contributed by atoms with van der Waals surface area (Å²) in [5, 5.41) is 0.645. The van der Waals surface area contributed by atoms with Crippen LogP contribution in [0, 0.1) is 0 Å². The van der Waals surface area contributed by atoms with Gasteiger partial charge < -0.3 is 18.6 Å².